The van der Waals surface area contributed by atoms with Crippen LogP contribution in [0.2, 0.25) is 0 Å². The van der Waals surface area contributed by atoms with Crippen LogP contribution in [0.1, 0.15) is 144 Å². The Bertz CT molecular complexity index is 5890. The van der Waals surface area contributed by atoms with Gasteiger partial charge in [0.1, 0.15) is 28.9 Å². The molecule has 634 valence electrons. The predicted molar refractivity (Wildman–Crippen MR) is 458 cm³/mol. The van der Waals surface area contributed by atoms with Crippen LogP contribution in [-0.4, -0.2) is 196 Å². The zero-order chi connectivity index (χ0) is 86.3. The highest BCUT2D eigenvalue weighted by atomic mass is 19.1. The lowest BCUT2D eigenvalue weighted by atomic mass is 9.75. The number of hydrogen-bond acceptors (Lipinski definition) is 19. The molecule has 30 nitrogen and oxygen atoms in total. The van der Waals surface area contributed by atoms with Crippen molar-refractivity contribution in [3.8, 4) is 11.6 Å². The van der Waals surface area contributed by atoms with Gasteiger partial charge in [-0.05, 0) is 126 Å². The van der Waals surface area contributed by atoms with E-state index >= 15 is 0 Å². The average molecular weight is 1670 g/mol. The fourth-order valence-electron chi connectivity index (χ4n) is 16.5. The van der Waals surface area contributed by atoms with E-state index in [-0.39, 0.29) is 68.4 Å². The molecule has 0 bridgehead atoms. The second-order valence-electron chi connectivity index (χ2n) is 31.5. The van der Waals surface area contributed by atoms with E-state index in [0.29, 0.717) is 57.7 Å². The predicted octanol–water partition coefficient (Wildman–Crippen LogP) is 12.3. The quantitative estimate of drug-likeness (QED) is 0.0386. The van der Waals surface area contributed by atoms with Gasteiger partial charge in [0.2, 0.25) is 0 Å². The number of hydrogen-bond donors (Lipinski definition) is 6. The number of aliphatic hydroxyl groups is 1. The number of likely N-dealkylation sites (tertiary alicyclic amines) is 2. The fourth-order valence-corrected chi connectivity index (χ4v) is 16.5. The van der Waals surface area contributed by atoms with Gasteiger partial charge in [-0.3, -0.25) is 14.4 Å². The standard InChI is InChI=1S/C27H25FN8O2.C21H29N3O3.2C16H19N3.C11H6FN5O3/c1-34-13-9-29-25(34)21(17-5-3-2-4-6-17)18-7-11-35(12-8-18)27(38)24(37)19-15-30-23-22(19)20(28)16-31-26(23)36-14-10-32-33-36;1-20(2,3)27-19(25)24-13-10-17(11-14-24)21(26,16-8-6-5-7-9-16)18-22-12-15-23(18)4;2*1-19-12-11-18-16(19)15(13-5-3-2-4-6-13)14-7-9-17-10-8-14;12-6-4-14-10(17-2-1-15-16-17)8-7(6)5(3-13-8)9(18)11(19)20/h2-6,9-10,13-16,18,21,30H,7-8,11-12H2,1H3;5-9,12,15,17,26H,10-11,13-14H2,1-4H3;2*2-6,11-12,17H,7-10H2,1H3;1-4,13H,(H,19,20). The van der Waals surface area contributed by atoms with Gasteiger partial charge in [-0.2, -0.15) is 0 Å². The number of carboxylic acid groups (broad SMARTS) is 1. The molecule has 2 unspecified atom stereocenters. The molecule has 123 heavy (non-hydrogen) atoms. The van der Waals surface area contributed by atoms with Crippen LogP contribution in [0.3, 0.4) is 0 Å². The fraction of sp³-hybridized carbons (Fsp3) is 0.308. The third kappa shape index (κ3) is 19.3. The molecular weight excluding hydrogens is 1570 g/mol. The number of ketones is 2. The highest BCUT2D eigenvalue weighted by molar-refractivity contribution is 6.45. The first-order valence-corrected chi connectivity index (χ1v) is 40.9. The number of nitrogens with zero attached hydrogens (tertiary/aromatic N) is 18. The minimum atomic E-state index is -1.66. The van der Waals surface area contributed by atoms with Gasteiger partial charge in [-0.15, -0.1) is 10.2 Å². The topological polar surface area (TPSA) is 356 Å². The second-order valence-corrected chi connectivity index (χ2v) is 31.5. The molecular formula is C91H98F2N22O8. The molecule has 6 N–H and O–H groups in total. The monoisotopic (exact) mass is 1660 g/mol. The molecule has 0 saturated carbocycles. The summed E-state index contributed by atoms with van der Waals surface area (Å²) in [5.74, 6) is -1.22. The number of halogens is 2. The number of aromatic nitrogens is 18. The smallest absolute Gasteiger partial charge is 0.410 e. The van der Waals surface area contributed by atoms with Crippen molar-refractivity contribution in [1.29, 1.82) is 0 Å². The molecule has 4 aliphatic rings. The van der Waals surface area contributed by atoms with E-state index in [2.05, 4.69) is 167 Å². The Hall–Kier alpha value is -13.9. The zero-order valence-corrected chi connectivity index (χ0v) is 69.5. The van der Waals surface area contributed by atoms with Crippen molar-refractivity contribution in [2.24, 2.45) is 40.0 Å². The molecule has 2 amide bonds. The van der Waals surface area contributed by atoms with Gasteiger partial charge in [0.15, 0.2) is 28.9 Å². The lowest BCUT2D eigenvalue weighted by Crippen LogP contribution is -2.48. The van der Waals surface area contributed by atoms with Crippen LogP contribution in [-0.2, 0) is 48.1 Å². The molecule has 4 saturated heterocycles. The van der Waals surface area contributed by atoms with Crippen molar-refractivity contribution < 1.29 is 47.7 Å². The SMILES string of the molecule is Cn1ccnc1C(=C1CCNCC1)c1ccccc1.Cn1ccnc1C(=C1CCNCC1)c1ccccc1.Cn1ccnc1C(O)(c1ccccc1)C1CCN(C(=O)OC(C)(C)C)CC1.Cn1ccnc1C(c1ccccc1)C1CCN(C(=O)C(=O)c2c[nH]c3c(-n4ccnn4)ncc(F)c23)CC1.O=C(O)C(=O)c1c[nH]c2c(-n3ccnn3)ncc(F)c12. The van der Waals surface area contributed by atoms with Crippen LogP contribution < -0.4 is 10.6 Å². The first kappa shape index (κ1) is 85.6. The van der Waals surface area contributed by atoms with Gasteiger partial charge in [0.25, 0.3) is 17.5 Å². The lowest BCUT2D eigenvalue weighted by Gasteiger charge is -2.41. The van der Waals surface area contributed by atoms with Crippen LogP contribution in [0.15, 0.2) is 232 Å². The van der Waals surface area contributed by atoms with E-state index in [9.17, 15) is 37.9 Å². The van der Waals surface area contributed by atoms with Gasteiger partial charge in [0.05, 0.1) is 70.1 Å². The Morgan fingerprint density at radius 1 is 0.504 bits per heavy atom. The molecule has 0 aliphatic carbocycles. The maximum absolute atomic E-state index is 14.8. The number of piperidine rings is 4. The number of carbonyl (C=O) groups is 5. The van der Waals surface area contributed by atoms with Gasteiger partial charge in [-0.1, -0.05) is 143 Å². The van der Waals surface area contributed by atoms with E-state index in [4.69, 9.17) is 9.84 Å². The number of H-pyrrole nitrogens is 2. The van der Waals surface area contributed by atoms with Crippen molar-refractivity contribution in [1.82, 2.24) is 109 Å². The highest BCUT2D eigenvalue weighted by Gasteiger charge is 2.46. The second kappa shape index (κ2) is 38.7. The summed E-state index contributed by atoms with van der Waals surface area (Å²) in [6, 6.07) is 41.1. The summed E-state index contributed by atoms with van der Waals surface area (Å²) in [6.07, 6.45) is 32.3. The number of pyridine rings is 2. The number of aliphatic carboxylic acids is 1. The van der Waals surface area contributed by atoms with Gasteiger partial charge in [0, 0.05) is 139 Å². The Labute approximate surface area is 708 Å². The zero-order valence-electron chi connectivity index (χ0n) is 69.5. The number of nitrogens with one attached hydrogen (secondary N) is 4. The third-order valence-corrected chi connectivity index (χ3v) is 22.5. The molecule has 14 aromatic rings. The van der Waals surface area contributed by atoms with Crippen LogP contribution >= 0.6 is 0 Å². The molecule has 4 fully saturated rings. The van der Waals surface area contributed by atoms with Crippen LogP contribution in [0, 0.1) is 23.5 Å². The highest BCUT2D eigenvalue weighted by Crippen LogP contribution is 2.43. The first-order chi connectivity index (χ1) is 59.6. The van der Waals surface area contributed by atoms with Gasteiger partial charge < -0.3 is 63.6 Å². The number of aryl methyl sites for hydroxylation is 4. The molecule has 10 aromatic heterocycles. The van der Waals surface area contributed by atoms with E-state index < -0.39 is 46.3 Å². The Balaban J connectivity index is 0.000000129. The molecule has 14 heterocycles. The van der Waals surface area contributed by atoms with Crippen molar-refractivity contribution >= 4 is 62.5 Å². The molecule has 2 atom stereocenters. The minimum Gasteiger partial charge on any atom is -0.475 e. The summed E-state index contributed by atoms with van der Waals surface area (Å²) in [5, 5.41) is 42.2. The molecule has 18 rings (SSSR count). The van der Waals surface area contributed by atoms with Crippen LogP contribution in [0.5, 0.6) is 0 Å². The van der Waals surface area contributed by atoms with E-state index in [1.807, 2.05) is 130 Å². The van der Waals surface area contributed by atoms with Gasteiger partial charge >= 0.3 is 12.1 Å². The summed E-state index contributed by atoms with van der Waals surface area (Å²) in [4.78, 5) is 96.1. The minimum absolute atomic E-state index is 0.0117. The van der Waals surface area contributed by atoms with E-state index in [0.717, 1.165) is 93.5 Å². The summed E-state index contributed by atoms with van der Waals surface area (Å²) in [6.45, 7) is 11.8. The normalized spacial score (nSPS) is 15.2. The summed E-state index contributed by atoms with van der Waals surface area (Å²) >= 11 is 0. The number of aromatic amines is 2. The summed E-state index contributed by atoms with van der Waals surface area (Å²) in [7, 11) is 8.01. The number of imidazole rings is 4. The number of benzene rings is 4. The number of fused-ring (bicyclic) bond motifs is 2. The van der Waals surface area contributed by atoms with Crippen LogP contribution in [0.25, 0.3) is 44.6 Å². The Morgan fingerprint density at radius 2 is 0.943 bits per heavy atom. The van der Waals surface area contributed by atoms with Crippen LogP contribution in [0.4, 0.5) is 13.6 Å². The van der Waals surface area contributed by atoms with Crippen molar-refractivity contribution in [2.75, 3.05) is 52.4 Å². The number of carboxylic acids is 1. The van der Waals surface area contributed by atoms with Crippen molar-refractivity contribution in [3.05, 3.63) is 300 Å². The molecule has 32 heteroatoms. The molecule has 0 spiro atoms. The summed E-state index contributed by atoms with van der Waals surface area (Å²) in [5.41, 5.74) is 8.64. The van der Waals surface area contributed by atoms with Crippen molar-refractivity contribution in [3.63, 3.8) is 0 Å². The molecule has 4 aliphatic heterocycles. The number of carbonyl (C=O) groups excluding carboxylic acids is 4. The largest absolute Gasteiger partial charge is 0.475 e. The average Bonchev–Trinajstić information content (AvgIpc) is 1.70. The number of ether oxygens (including phenoxy) is 1. The Kier molecular flexibility index (Phi) is 26.9. The number of amides is 2. The third-order valence-electron chi connectivity index (χ3n) is 22.5. The summed E-state index contributed by atoms with van der Waals surface area (Å²) < 4.78 is 44.9. The van der Waals surface area contributed by atoms with E-state index in [1.54, 1.807) is 28.4 Å². The lowest BCUT2D eigenvalue weighted by molar-refractivity contribution is -0.131. The molecule has 0 radical (unpaired) electrons. The number of rotatable bonds is 16. The first-order valence-electron chi connectivity index (χ1n) is 40.9. The van der Waals surface area contributed by atoms with Gasteiger partial charge in [-0.25, -0.2) is 57.6 Å². The van der Waals surface area contributed by atoms with Crippen molar-refractivity contribution in [2.45, 2.75) is 89.3 Å². The number of Topliss-reactive ketones (excluding diaryl/α,β-unsaturated/α-hetero) is 2. The molecule has 4 aromatic carbocycles. The maximum Gasteiger partial charge on any atom is 0.410 e. The Morgan fingerprint density at radius 3 is 1.37 bits per heavy atom. The maximum atomic E-state index is 14.8. The van der Waals surface area contributed by atoms with E-state index in [1.165, 1.54) is 73.1 Å².